The molecule has 1 fully saturated rings. The molecule has 0 saturated heterocycles. The molecule has 1 saturated carbocycles. The predicted molar refractivity (Wildman–Crippen MR) is 96.2 cm³/mol. The van der Waals surface area contributed by atoms with E-state index in [1.807, 2.05) is 43.3 Å². The van der Waals surface area contributed by atoms with Crippen LogP contribution < -0.4 is 5.32 Å². The highest BCUT2D eigenvalue weighted by atomic mass is 16.1. The molecule has 1 aliphatic rings. The molecular formula is C19H21N5O. The van der Waals surface area contributed by atoms with E-state index in [1.165, 1.54) is 6.42 Å². The van der Waals surface area contributed by atoms with E-state index in [1.54, 1.807) is 4.52 Å². The lowest BCUT2D eigenvalue weighted by atomic mass is 9.88. The van der Waals surface area contributed by atoms with E-state index in [0.717, 1.165) is 54.1 Å². The molecule has 6 heteroatoms. The lowest BCUT2D eigenvalue weighted by molar-refractivity contribution is -0.120. The second kappa shape index (κ2) is 6.63. The van der Waals surface area contributed by atoms with Crippen molar-refractivity contribution >= 4 is 17.2 Å². The summed E-state index contributed by atoms with van der Waals surface area (Å²) in [6.45, 7) is 1.88. The van der Waals surface area contributed by atoms with E-state index in [0.29, 0.717) is 0 Å². The van der Waals surface area contributed by atoms with E-state index in [-0.39, 0.29) is 11.8 Å². The molecule has 3 aromatic rings. The van der Waals surface area contributed by atoms with Crippen LogP contribution >= 0.6 is 0 Å². The van der Waals surface area contributed by atoms with Crippen molar-refractivity contribution in [1.29, 1.82) is 0 Å². The summed E-state index contributed by atoms with van der Waals surface area (Å²) in [5.41, 5.74) is 3.41. The van der Waals surface area contributed by atoms with Crippen molar-refractivity contribution in [3.8, 4) is 11.3 Å². The van der Waals surface area contributed by atoms with Gasteiger partial charge in [0.2, 0.25) is 5.91 Å². The molecular weight excluding hydrogens is 314 g/mol. The monoisotopic (exact) mass is 335 g/mol. The molecule has 0 aliphatic heterocycles. The van der Waals surface area contributed by atoms with Crippen LogP contribution in [0, 0.1) is 12.8 Å². The van der Waals surface area contributed by atoms with Gasteiger partial charge in [-0.15, -0.1) is 10.2 Å². The number of benzene rings is 1. The highest BCUT2D eigenvalue weighted by molar-refractivity contribution is 5.92. The first kappa shape index (κ1) is 15.7. The smallest absolute Gasteiger partial charge is 0.227 e. The van der Waals surface area contributed by atoms with Crippen molar-refractivity contribution in [3.63, 3.8) is 0 Å². The Morgan fingerprint density at radius 1 is 1.04 bits per heavy atom. The maximum Gasteiger partial charge on any atom is 0.227 e. The normalized spacial score (nSPS) is 15.4. The summed E-state index contributed by atoms with van der Waals surface area (Å²) < 4.78 is 1.73. The minimum Gasteiger partial charge on any atom is -0.326 e. The number of anilines is 1. The SMILES string of the molecule is Cc1nnc2ccc(-c3ccc(NC(=O)C4CCCCC4)cc3)nn12. The Labute approximate surface area is 146 Å². The maximum absolute atomic E-state index is 12.3. The fourth-order valence-corrected chi connectivity index (χ4v) is 3.38. The summed E-state index contributed by atoms with van der Waals surface area (Å²) in [5, 5.41) is 15.7. The number of fused-ring (bicyclic) bond motifs is 1. The number of aromatic nitrogens is 4. The Balaban J connectivity index is 1.50. The van der Waals surface area contributed by atoms with Crippen molar-refractivity contribution < 1.29 is 4.79 Å². The summed E-state index contributed by atoms with van der Waals surface area (Å²) >= 11 is 0. The van der Waals surface area contributed by atoms with Crippen LogP contribution in [0.5, 0.6) is 0 Å². The van der Waals surface area contributed by atoms with Gasteiger partial charge in [0.25, 0.3) is 0 Å². The molecule has 0 radical (unpaired) electrons. The van der Waals surface area contributed by atoms with Crippen LogP contribution in [0.3, 0.4) is 0 Å². The van der Waals surface area contributed by atoms with Gasteiger partial charge in [-0.1, -0.05) is 31.4 Å². The number of hydrogen-bond donors (Lipinski definition) is 1. The van der Waals surface area contributed by atoms with Crippen LogP contribution in [0.2, 0.25) is 0 Å². The molecule has 4 rings (SSSR count). The minimum absolute atomic E-state index is 0.145. The highest BCUT2D eigenvalue weighted by Gasteiger charge is 2.20. The Kier molecular flexibility index (Phi) is 4.17. The lowest BCUT2D eigenvalue weighted by Gasteiger charge is -2.20. The van der Waals surface area contributed by atoms with Crippen molar-refractivity contribution in [2.24, 2.45) is 5.92 Å². The summed E-state index contributed by atoms with van der Waals surface area (Å²) in [6.07, 6.45) is 5.58. The van der Waals surface area contributed by atoms with Gasteiger partial charge in [-0.3, -0.25) is 4.79 Å². The Morgan fingerprint density at radius 2 is 1.80 bits per heavy atom. The number of nitrogens with zero attached hydrogens (tertiary/aromatic N) is 4. The number of rotatable bonds is 3. The quantitative estimate of drug-likeness (QED) is 0.793. The average molecular weight is 335 g/mol. The van der Waals surface area contributed by atoms with E-state index < -0.39 is 0 Å². The second-order valence-corrected chi connectivity index (χ2v) is 6.64. The topological polar surface area (TPSA) is 72.2 Å². The Hall–Kier alpha value is -2.76. The maximum atomic E-state index is 12.3. The van der Waals surface area contributed by atoms with Gasteiger partial charge in [0.1, 0.15) is 0 Å². The number of hydrogen-bond acceptors (Lipinski definition) is 4. The van der Waals surface area contributed by atoms with Crippen LogP contribution in [0.15, 0.2) is 36.4 Å². The van der Waals surface area contributed by atoms with Crippen LogP contribution in [0.4, 0.5) is 5.69 Å². The molecule has 1 N–H and O–H groups in total. The molecule has 1 amide bonds. The lowest BCUT2D eigenvalue weighted by Crippen LogP contribution is -2.24. The largest absolute Gasteiger partial charge is 0.326 e. The first-order chi connectivity index (χ1) is 12.2. The van der Waals surface area contributed by atoms with Gasteiger partial charge in [-0.05, 0) is 44.0 Å². The van der Waals surface area contributed by atoms with Crippen LogP contribution in [0.1, 0.15) is 37.9 Å². The molecule has 128 valence electrons. The fourth-order valence-electron chi connectivity index (χ4n) is 3.38. The highest BCUT2D eigenvalue weighted by Crippen LogP contribution is 2.26. The fraction of sp³-hybridized carbons (Fsp3) is 0.368. The molecule has 1 aromatic carbocycles. The third kappa shape index (κ3) is 3.24. The predicted octanol–water partition coefficient (Wildman–Crippen LogP) is 3.62. The summed E-state index contributed by atoms with van der Waals surface area (Å²) in [7, 11) is 0. The zero-order valence-corrected chi connectivity index (χ0v) is 14.3. The zero-order valence-electron chi connectivity index (χ0n) is 14.3. The van der Waals surface area contributed by atoms with Gasteiger partial charge in [0, 0.05) is 17.2 Å². The van der Waals surface area contributed by atoms with Crippen molar-refractivity contribution in [2.45, 2.75) is 39.0 Å². The second-order valence-electron chi connectivity index (χ2n) is 6.64. The standard InChI is InChI=1S/C19H21N5O/c1-13-21-22-18-12-11-17(23-24(13)18)14-7-9-16(10-8-14)20-19(25)15-5-3-2-4-6-15/h7-12,15H,2-6H2,1H3,(H,20,25). The summed E-state index contributed by atoms with van der Waals surface area (Å²) in [4.78, 5) is 12.3. The van der Waals surface area contributed by atoms with Crippen LogP contribution in [-0.2, 0) is 4.79 Å². The van der Waals surface area contributed by atoms with Gasteiger partial charge in [-0.2, -0.15) is 9.61 Å². The first-order valence-electron chi connectivity index (χ1n) is 8.81. The summed E-state index contributed by atoms with van der Waals surface area (Å²) in [6, 6.07) is 11.6. The number of carbonyl (C=O) groups is 1. The third-order valence-electron chi connectivity index (χ3n) is 4.84. The molecule has 1 aliphatic carbocycles. The van der Waals surface area contributed by atoms with E-state index in [4.69, 9.17) is 0 Å². The number of nitrogens with one attached hydrogen (secondary N) is 1. The van der Waals surface area contributed by atoms with Crippen LogP contribution in [-0.4, -0.2) is 25.7 Å². The zero-order chi connectivity index (χ0) is 17.2. The minimum atomic E-state index is 0.145. The molecule has 2 aromatic heterocycles. The molecule has 25 heavy (non-hydrogen) atoms. The van der Waals surface area contributed by atoms with E-state index in [2.05, 4.69) is 20.6 Å². The van der Waals surface area contributed by atoms with Crippen molar-refractivity contribution in [3.05, 3.63) is 42.2 Å². The first-order valence-corrected chi connectivity index (χ1v) is 8.81. The number of amides is 1. The third-order valence-corrected chi connectivity index (χ3v) is 4.84. The van der Waals surface area contributed by atoms with Gasteiger partial charge in [0.15, 0.2) is 11.5 Å². The van der Waals surface area contributed by atoms with Crippen LogP contribution in [0.25, 0.3) is 16.9 Å². The van der Waals surface area contributed by atoms with Gasteiger partial charge in [-0.25, -0.2) is 0 Å². The molecule has 0 spiro atoms. The van der Waals surface area contributed by atoms with E-state index in [9.17, 15) is 4.79 Å². The van der Waals surface area contributed by atoms with Gasteiger partial charge in [0.05, 0.1) is 5.69 Å². The van der Waals surface area contributed by atoms with Gasteiger partial charge >= 0.3 is 0 Å². The van der Waals surface area contributed by atoms with Gasteiger partial charge < -0.3 is 5.32 Å². The average Bonchev–Trinajstić information content (AvgIpc) is 3.03. The number of aryl methyl sites for hydroxylation is 1. The molecule has 2 heterocycles. The van der Waals surface area contributed by atoms with Crippen molar-refractivity contribution in [2.75, 3.05) is 5.32 Å². The Morgan fingerprint density at radius 3 is 2.56 bits per heavy atom. The molecule has 0 atom stereocenters. The molecule has 0 unspecified atom stereocenters. The molecule has 0 bridgehead atoms. The molecule has 6 nitrogen and oxygen atoms in total. The van der Waals surface area contributed by atoms with E-state index >= 15 is 0 Å². The summed E-state index contributed by atoms with van der Waals surface area (Å²) in [5.74, 6) is 1.06. The van der Waals surface area contributed by atoms with Crippen molar-refractivity contribution in [1.82, 2.24) is 19.8 Å². The Bertz CT molecular complexity index is 894. The number of carbonyl (C=O) groups excluding carboxylic acids is 1.